The highest BCUT2D eigenvalue weighted by atomic mass is 19.1. The average molecular weight is 229 g/mol. The maximum absolute atomic E-state index is 13.6. The summed E-state index contributed by atoms with van der Waals surface area (Å²) < 4.78 is 31.3. The van der Waals surface area contributed by atoms with Gasteiger partial charge in [-0.05, 0) is 18.6 Å². The van der Waals surface area contributed by atoms with Crippen molar-refractivity contribution < 1.29 is 18.3 Å². The maximum Gasteiger partial charge on any atom is 0.307 e. The molecular weight excluding hydrogens is 216 g/mol. The fourth-order valence-electron chi connectivity index (χ4n) is 1.38. The molecule has 0 aliphatic rings. The summed E-state index contributed by atoms with van der Waals surface area (Å²) in [6, 6.07) is 1.41. The number of benzene rings is 1. The predicted octanol–water partition coefficient (Wildman–Crippen LogP) is 1.84. The van der Waals surface area contributed by atoms with Gasteiger partial charge in [0.25, 0.3) is 0 Å². The van der Waals surface area contributed by atoms with Crippen molar-refractivity contribution in [3.05, 3.63) is 34.9 Å². The van der Waals surface area contributed by atoms with E-state index in [2.05, 4.69) is 4.74 Å². The van der Waals surface area contributed by atoms with Crippen LogP contribution in [0.3, 0.4) is 0 Å². The molecule has 16 heavy (non-hydrogen) atoms. The molecule has 1 aromatic carbocycles. The molecule has 0 spiro atoms. The lowest BCUT2D eigenvalue weighted by Gasteiger charge is -2.13. The number of hydrogen-bond donors (Lipinski definition) is 1. The minimum atomic E-state index is -1.03. The Morgan fingerprint density at radius 1 is 1.50 bits per heavy atom. The topological polar surface area (TPSA) is 52.3 Å². The second kappa shape index (κ2) is 5.03. The molecule has 5 heteroatoms. The van der Waals surface area contributed by atoms with Crippen LogP contribution >= 0.6 is 0 Å². The third-order valence-corrected chi connectivity index (χ3v) is 2.30. The highest BCUT2D eigenvalue weighted by Crippen LogP contribution is 2.23. The number of carbonyl (C=O) groups is 1. The first-order valence-electron chi connectivity index (χ1n) is 4.74. The van der Waals surface area contributed by atoms with Gasteiger partial charge < -0.3 is 10.5 Å². The minimum absolute atomic E-state index is 0.256. The molecule has 1 rings (SSSR count). The molecule has 88 valence electrons. The third-order valence-electron chi connectivity index (χ3n) is 2.30. The van der Waals surface area contributed by atoms with Crippen LogP contribution in [0.5, 0.6) is 0 Å². The summed E-state index contributed by atoms with van der Waals surface area (Å²) >= 11 is 0. The predicted molar refractivity (Wildman–Crippen MR) is 54.7 cm³/mol. The van der Waals surface area contributed by atoms with E-state index in [1.165, 1.54) is 20.1 Å². The van der Waals surface area contributed by atoms with Gasteiger partial charge in [-0.15, -0.1) is 0 Å². The smallest absolute Gasteiger partial charge is 0.307 e. The SMILES string of the molecule is COC(=O)C[C@@H](N)c1c(F)ccc(C)c1F. The Hall–Kier alpha value is -1.49. The number of rotatable bonds is 3. The van der Waals surface area contributed by atoms with Crippen LogP contribution in [-0.4, -0.2) is 13.1 Å². The highest BCUT2D eigenvalue weighted by molar-refractivity contribution is 5.70. The molecule has 0 fully saturated rings. The van der Waals surface area contributed by atoms with Crippen LogP contribution in [0.25, 0.3) is 0 Å². The van der Waals surface area contributed by atoms with Gasteiger partial charge in [0.05, 0.1) is 13.5 Å². The molecule has 3 nitrogen and oxygen atoms in total. The second-order valence-corrected chi connectivity index (χ2v) is 3.48. The molecule has 0 radical (unpaired) electrons. The van der Waals surface area contributed by atoms with E-state index < -0.39 is 23.6 Å². The number of carbonyl (C=O) groups excluding carboxylic acids is 1. The van der Waals surface area contributed by atoms with Crippen molar-refractivity contribution in [3.63, 3.8) is 0 Å². The Morgan fingerprint density at radius 2 is 2.12 bits per heavy atom. The molecule has 0 amide bonds. The molecule has 1 atom stereocenters. The molecule has 0 saturated heterocycles. The van der Waals surface area contributed by atoms with Crippen molar-refractivity contribution >= 4 is 5.97 Å². The zero-order valence-electron chi connectivity index (χ0n) is 9.09. The zero-order chi connectivity index (χ0) is 12.3. The van der Waals surface area contributed by atoms with E-state index in [4.69, 9.17) is 5.73 Å². The number of nitrogens with two attached hydrogens (primary N) is 1. The van der Waals surface area contributed by atoms with E-state index >= 15 is 0 Å². The van der Waals surface area contributed by atoms with Gasteiger partial charge in [-0.2, -0.15) is 0 Å². The number of ether oxygens (including phenoxy) is 1. The fraction of sp³-hybridized carbons (Fsp3) is 0.364. The van der Waals surface area contributed by atoms with Crippen molar-refractivity contribution in [3.8, 4) is 0 Å². The van der Waals surface area contributed by atoms with Crippen LogP contribution in [0.2, 0.25) is 0 Å². The van der Waals surface area contributed by atoms with E-state index in [0.717, 1.165) is 6.07 Å². The first-order valence-corrected chi connectivity index (χ1v) is 4.74. The van der Waals surface area contributed by atoms with Crippen molar-refractivity contribution in [2.75, 3.05) is 7.11 Å². The lowest BCUT2D eigenvalue weighted by Crippen LogP contribution is -2.19. The van der Waals surface area contributed by atoms with Crippen molar-refractivity contribution in [1.29, 1.82) is 0 Å². The van der Waals surface area contributed by atoms with Crippen LogP contribution in [-0.2, 0) is 9.53 Å². The third kappa shape index (κ3) is 2.55. The van der Waals surface area contributed by atoms with E-state index in [1.807, 2.05) is 0 Å². The van der Waals surface area contributed by atoms with Gasteiger partial charge in [-0.25, -0.2) is 8.78 Å². The summed E-state index contributed by atoms with van der Waals surface area (Å²) in [5.41, 5.74) is 5.58. The minimum Gasteiger partial charge on any atom is -0.469 e. The first kappa shape index (κ1) is 12.6. The van der Waals surface area contributed by atoms with E-state index in [0.29, 0.717) is 0 Å². The molecule has 0 heterocycles. The molecule has 2 N–H and O–H groups in total. The van der Waals surface area contributed by atoms with E-state index in [-0.39, 0.29) is 17.5 Å². The molecule has 0 aromatic heterocycles. The molecule has 1 aromatic rings. The summed E-state index contributed by atoms with van der Waals surface area (Å²) in [6.45, 7) is 1.50. The second-order valence-electron chi connectivity index (χ2n) is 3.48. The lowest BCUT2D eigenvalue weighted by atomic mass is 10.0. The Kier molecular flexibility index (Phi) is 3.95. The Labute approximate surface area is 92.2 Å². The number of hydrogen-bond acceptors (Lipinski definition) is 3. The molecular formula is C11H13F2NO2. The van der Waals surface area contributed by atoms with E-state index in [9.17, 15) is 13.6 Å². The van der Waals surface area contributed by atoms with Crippen molar-refractivity contribution in [1.82, 2.24) is 0 Å². The zero-order valence-corrected chi connectivity index (χ0v) is 9.09. The molecule has 0 aliphatic heterocycles. The van der Waals surface area contributed by atoms with Gasteiger partial charge in [0, 0.05) is 11.6 Å². The van der Waals surface area contributed by atoms with Crippen molar-refractivity contribution in [2.45, 2.75) is 19.4 Å². The van der Waals surface area contributed by atoms with Crippen LogP contribution in [0.4, 0.5) is 8.78 Å². The normalized spacial score (nSPS) is 12.3. The largest absolute Gasteiger partial charge is 0.469 e. The molecule has 0 aliphatic carbocycles. The number of esters is 1. The number of aryl methyl sites for hydroxylation is 1. The van der Waals surface area contributed by atoms with E-state index in [1.54, 1.807) is 0 Å². The summed E-state index contributed by atoms with van der Waals surface area (Å²) in [5, 5.41) is 0. The van der Waals surface area contributed by atoms with Crippen molar-refractivity contribution in [2.24, 2.45) is 5.73 Å². The van der Waals surface area contributed by atoms with Gasteiger partial charge in [-0.3, -0.25) is 4.79 Å². The molecule has 0 unspecified atom stereocenters. The Balaban J connectivity index is 3.03. The summed E-state index contributed by atoms with van der Waals surface area (Å²) in [4.78, 5) is 11.0. The Morgan fingerprint density at radius 3 is 2.69 bits per heavy atom. The van der Waals surface area contributed by atoms with Crippen LogP contribution in [0.15, 0.2) is 12.1 Å². The number of methoxy groups -OCH3 is 1. The van der Waals surface area contributed by atoms with Gasteiger partial charge in [0.15, 0.2) is 0 Å². The first-order chi connectivity index (χ1) is 7.47. The van der Waals surface area contributed by atoms with Crippen LogP contribution in [0.1, 0.15) is 23.6 Å². The standard InChI is InChI=1S/C11H13F2NO2/c1-6-3-4-7(12)10(11(6)13)8(14)5-9(15)16-2/h3-4,8H,5,14H2,1-2H3/t8-/m1/s1. The summed E-state index contributed by atoms with van der Waals surface area (Å²) in [5.74, 6) is -2.07. The van der Waals surface area contributed by atoms with Crippen LogP contribution < -0.4 is 5.73 Å². The molecule has 0 saturated carbocycles. The summed E-state index contributed by atoms with van der Waals surface area (Å²) in [7, 11) is 1.19. The highest BCUT2D eigenvalue weighted by Gasteiger charge is 2.21. The summed E-state index contributed by atoms with van der Waals surface area (Å²) in [6.07, 6.45) is -0.256. The van der Waals surface area contributed by atoms with Gasteiger partial charge in [-0.1, -0.05) is 6.07 Å². The lowest BCUT2D eigenvalue weighted by molar-refractivity contribution is -0.141. The van der Waals surface area contributed by atoms with Gasteiger partial charge >= 0.3 is 5.97 Å². The quantitative estimate of drug-likeness (QED) is 0.804. The average Bonchev–Trinajstić information content (AvgIpc) is 2.24. The Bertz CT molecular complexity index is 407. The van der Waals surface area contributed by atoms with Crippen LogP contribution in [0, 0.1) is 18.6 Å². The number of halogens is 2. The monoisotopic (exact) mass is 229 g/mol. The van der Waals surface area contributed by atoms with Gasteiger partial charge in [0.1, 0.15) is 11.6 Å². The fourth-order valence-corrected chi connectivity index (χ4v) is 1.38. The maximum atomic E-state index is 13.6. The van der Waals surface area contributed by atoms with Gasteiger partial charge in [0.2, 0.25) is 0 Å². The molecule has 0 bridgehead atoms.